The molecule has 1 fully saturated rings. The fourth-order valence-corrected chi connectivity index (χ4v) is 4.98. The standard InChI is InChI=1S/C27H31F2N7/c1-6-30-25-11-19(9-10-31-25)23-7-8-24-27(33-23)36(18(4)32-24)20-12-21(28)26(22(29)13-20)35-14-16(2)34(5)17(3)15-35/h7-13,16-17H,6,14-15H2,1-5H3,(H,30,31)/t16-,17+. The molecule has 2 atom stereocenters. The van der Waals surface area contributed by atoms with Crippen LogP contribution in [0.4, 0.5) is 20.3 Å². The first kappa shape index (κ1) is 24.1. The Morgan fingerprint density at radius 3 is 2.36 bits per heavy atom. The highest BCUT2D eigenvalue weighted by Crippen LogP contribution is 2.32. The van der Waals surface area contributed by atoms with Crippen LogP contribution < -0.4 is 10.2 Å². The lowest BCUT2D eigenvalue weighted by Gasteiger charge is -2.43. The van der Waals surface area contributed by atoms with E-state index in [4.69, 9.17) is 4.98 Å². The van der Waals surface area contributed by atoms with Crippen LogP contribution in [0, 0.1) is 18.6 Å². The molecule has 0 spiro atoms. The summed E-state index contributed by atoms with van der Waals surface area (Å²) in [6.45, 7) is 9.84. The summed E-state index contributed by atoms with van der Waals surface area (Å²) in [6, 6.07) is 10.7. The zero-order valence-corrected chi connectivity index (χ0v) is 21.3. The molecular weight excluding hydrogens is 460 g/mol. The fourth-order valence-electron chi connectivity index (χ4n) is 4.98. The maximum Gasteiger partial charge on any atom is 0.165 e. The Kier molecular flexibility index (Phi) is 6.34. The van der Waals surface area contributed by atoms with Gasteiger partial charge in [0, 0.05) is 55.6 Å². The molecule has 1 aliphatic heterocycles. The third-order valence-electron chi connectivity index (χ3n) is 7.02. The number of halogens is 2. The zero-order valence-electron chi connectivity index (χ0n) is 21.3. The number of piperazine rings is 1. The molecular formula is C27H31F2N7. The number of pyridine rings is 2. The Labute approximate surface area is 209 Å². The molecule has 0 amide bonds. The molecule has 0 radical (unpaired) electrons. The topological polar surface area (TPSA) is 62.1 Å². The van der Waals surface area contributed by atoms with Crippen molar-refractivity contribution in [3.05, 3.63) is 60.1 Å². The molecule has 3 aromatic heterocycles. The molecule has 36 heavy (non-hydrogen) atoms. The lowest BCUT2D eigenvalue weighted by atomic mass is 10.1. The van der Waals surface area contributed by atoms with E-state index in [0.29, 0.717) is 35.8 Å². The number of fused-ring (bicyclic) bond motifs is 1. The SMILES string of the molecule is CCNc1cc(-c2ccc3nc(C)n(-c4cc(F)c(N5C[C@@H](C)N(C)[C@@H](C)C5)c(F)c4)c3n2)ccn1. The number of nitrogens with one attached hydrogen (secondary N) is 1. The molecule has 5 rings (SSSR count). The van der Waals surface area contributed by atoms with Crippen molar-refractivity contribution in [3.8, 4) is 16.9 Å². The van der Waals surface area contributed by atoms with Gasteiger partial charge in [0.25, 0.3) is 0 Å². The Hall–Kier alpha value is -3.59. The van der Waals surface area contributed by atoms with Gasteiger partial charge in [0.1, 0.15) is 22.8 Å². The number of anilines is 2. The van der Waals surface area contributed by atoms with Crippen molar-refractivity contribution in [3.63, 3.8) is 0 Å². The van der Waals surface area contributed by atoms with Crippen LogP contribution in [0.25, 0.3) is 28.1 Å². The molecule has 4 aromatic rings. The highest BCUT2D eigenvalue weighted by molar-refractivity contribution is 5.78. The van der Waals surface area contributed by atoms with Crippen molar-refractivity contribution in [2.75, 3.05) is 36.9 Å². The first-order chi connectivity index (χ1) is 17.3. The minimum absolute atomic E-state index is 0.0222. The first-order valence-corrected chi connectivity index (χ1v) is 12.3. The number of hydrogen-bond acceptors (Lipinski definition) is 6. The van der Waals surface area contributed by atoms with Gasteiger partial charge in [-0.15, -0.1) is 0 Å². The monoisotopic (exact) mass is 491 g/mol. The van der Waals surface area contributed by atoms with E-state index in [-0.39, 0.29) is 17.8 Å². The lowest BCUT2D eigenvalue weighted by molar-refractivity contribution is 0.169. The molecule has 1 saturated heterocycles. The van der Waals surface area contributed by atoms with Crippen molar-refractivity contribution in [2.24, 2.45) is 0 Å². The van der Waals surface area contributed by atoms with E-state index in [1.165, 1.54) is 12.1 Å². The van der Waals surface area contributed by atoms with Crippen LogP contribution in [0.5, 0.6) is 0 Å². The van der Waals surface area contributed by atoms with E-state index in [1.54, 1.807) is 10.8 Å². The van der Waals surface area contributed by atoms with Gasteiger partial charge in [-0.2, -0.15) is 0 Å². The van der Waals surface area contributed by atoms with Gasteiger partial charge in [0.2, 0.25) is 0 Å². The maximum atomic E-state index is 15.5. The summed E-state index contributed by atoms with van der Waals surface area (Å²) in [7, 11) is 2.05. The number of likely N-dealkylation sites (N-methyl/N-ethyl adjacent to an activating group) is 1. The Morgan fingerprint density at radius 2 is 1.69 bits per heavy atom. The molecule has 1 aromatic carbocycles. The number of nitrogens with zero attached hydrogens (tertiary/aromatic N) is 6. The number of aryl methyl sites for hydroxylation is 1. The van der Waals surface area contributed by atoms with Crippen molar-refractivity contribution in [1.29, 1.82) is 0 Å². The quantitative estimate of drug-likeness (QED) is 0.423. The van der Waals surface area contributed by atoms with Gasteiger partial charge < -0.3 is 10.2 Å². The van der Waals surface area contributed by atoms with Crippen molar-refractivity contribution in [1.82, 2.24) is 24.4 Å². The zero-order chi connectivity index (χ0) is 25.6. The van der Waals surface area contributed by atoms with E-state index in [0.717, 1.165) is 23.6 Å². The molecule has 188 valence electrons. The van der Waals surface area contributed by atoms with Gasteiger partial charge in [-0.05, 0) is 59.0 Å². The van der Waals surface area contributed by atoms with Crippen LogP contribution in [0.15, 0.2) is 42.6 Å². The van der Waals surface area contributed by atoms with E-state index in [9.17, 15) is 0 Å². The number of rotatable bonds is 5. The van der Waals surface area contributed by atoms with Gasteiger partial charge in [0.05, 0.1) is 11.4 Å². The van der Waals surface area contributed by atoms with Crippen LogP contribution in [0.3, 0.4) is 0 Å². The third-order valence-corrected chi connectivity index (χ3v) is 7.02. The highest BCUT2D eigenvalue weighted by Gasteiger charge is 2.30. The minimum Gasteiger partial charge on any atom is -0.370 e. The maximum absolute atomic E-state index is 15.5. The van der Waals surface area contributed by atoms with E-state index < -0.39 is 11.6 Å². The highest BCUT2D eigenvalue weighted by atomic mass is 19.1. The lowest BCUT2D eigenvalue weighted by Crippen LogP contribution is -2.55. The van der Waals surface area contributed by atoms with Gasteiger partial charge in [-0.1, -0.05) is 0 Å². The second kappa shape index (κ2) is 9.46. The van der Waals surface area contributed by atoms with Crippen molar-refractivity contribution >= 4 is 22.7 Å². The molecule has 0 aliphatic carbocycles. The smallest absolute Gasteiger partial charge is 0.165 e. The van der Waals surface area contributed by atoms with E-state index in [2.05, 4.69) is 34.0 Å². The van der Waals surface area contributed by atoms with E-state index in [1.807, 2.05) is 50.1 Å². The Balaban J connectivity index is 1.56. The first-order valence-electron chi connectivity index (χ1n) is 12.3. The Morgan fingerprint density at radius 1 is 1.00 bits per heavy atom. The van der Waals surface area contributed by atoms with Gasteiger partial charge in [-0.3, -0.25) is 9.47 Å². The summed E-state index contributed by atoms with van der Waals surface area (Å²) in [5.74, 6) is 0.187. The molecule has 4 heterocycles. The summed E-state index contributed by atoms with van der Waals surface area (Å²) < 4.78 is 32.6. The van der Waals surface area contributed by atoms with Crippen LogP contribution in [0.2, 0.25) is 0 Å². The second-order valence-electron chi connectivity index (χ2n) is 9.52. The van der Waals surface area contributed by atoms with Crippen LogP contribution >= 0.6 is 0 Å². The number of imidazole rings is 1. The van der Waals surface area contributed by atoms with Gasteiger partial charge >= 0.3 is 0 Å². The molecule has 9 heteroatoms. The fraction of sp³-hybridized carbons (Fsp3) is 0.370. The van der Waals surface area contributed by atoms with Crippen LogP contribution in [-0.4, -0.2) is 63.2 Å². The number of aromatic nitrogens is 4. The number of benzene rings is 1. The van der Waals surface area contributed by atoms with Crippen molar-refractivity contribution < 1.29 is 8.78 Å². The summed E-state index contributed by atoms with van der Waals surface area (Å²) in [4.78, 5) is 17.8. The normalized spacial score (nSPS) is 18.7. The van der Waals surface area contributed by atoms with Crippen LogP contribution in [-0.2, 0) is 0 Å². The van der Waals surface area contributed by atoms with E-state index >= 15 is 8.78 Å². The third kappa shape index (κ3) is 4.28. The van der Waals surface area contributed by atoms with Gasteiger partial charge in [-0.25, -0.2) is 23.7 Å². The average molecular weight is 492 g/mol. The predicted octanol–water partition coefficient (Wildman–Crippen LogP) is 5.03. The number of hydrogen-bond donors (Lipinski definition) is 1. The molecule has 0 saturated carbocycles. The van der Waals surface area contributed by atoms with Crippen LogP contribution in [0.1, 0.15) is 26.6 Å². The molecule has 1 N–H and O–H groups in total. The largest absolute Gasteiger partial charge is 0.370 e. The van der Waals surface area contributed by atoms with Gasteiger partial charge in [0.15, 0.2) is 17.3 Å². The summed E-state index contributed by atoms with van der Waals surface area (Å²) >= 11 is 0. The second-order valence-corrected chi connectivity index (χ2v) is 9.52. The summed E-state index contributed by atoms with van der Waals surface area (Å²) in [5.41, 5.74) is 3.19. The molecule has 0 unspecified atom stereocenters. The molecule has 1 aliphatic rings. The molecule has 0 bridgehead atoms. The van der Waals surface area contributed by atoms with Crippen molar-refractivity contribution in [2.45, 2.75) is 39.8 Å². The summed E-state index contributed by atoms with van der Waals surface area (Å²) in [6.07, 6.45) is 1.73. The predicted molar refractivity (Wildman–Crippen MR) is 140 cm³/mol. The average Bonchev–Trinajstić information content (AvgIpc) is 3.17. The minimum atomic E-state index is -0.587. The molecule has 7 nitrogen and oxygen atoms in total. The summed E-state index contributed by atoms with van der Waals surface area (Å²) in [5, 5.41) is 3.20. The Bertz CT molecular complexity index is 1380.